The summed E-state index contributed by atoms with van der Waals surface area (Å²) >= 11 is 0. The first-order chi connectivity index (χ1) is 11.0. The van der Waals surface area contributed by atoms with Crippen LogP contribution in [0.15, 0.2) is 24.3 Å². The molecule has 0 aliphatic heterocycles. The molecule has 0 atom stereocenters. The van der Waals surface area contributed by atoms with E-state index in [2.05, 4.69) is 5.32 Å². The van der Waals surface area contributed by atoms with Gasteiger partial charge in [0.2, 0.25) is 15.9 Å². The van der Waals surface area contributed by atoms with Crippen LogP contribution in [-0.2, 0) is 21.2 Å². The van der Waals surface area contributed by atoms with Crippen LogP contribution in [0, 0.1) is 0 Å². The second kappa shape index (κ2) is 8.48. The van der Waals surface area contributed by atoms with Crippen LogP contribution in [-0.4, -0.2) is 50.6 Å². The first kappa shape index (κ1) is 20.4. The number of amides is 1. The summed E-state index contributed by atoms with van der Waals surface area (Å²) in [6, 6.07) is 7.50. The molecule has 0 radical (unpaired) electrons. The zero-order chi connectivity index (χ0) is 18.4. The van der Waals surface area contributed by atoms with Crippen molar-refractivity contribution < 1.29 is 17.9 Å². The number of nitrogens with one attached hydrogen (secondary N) is 1. The molecule has 0 spiro atoms. The van der Waals surface area contributed by atoms with Gasteiger partial charge in [-0.15, -0.1) is 0 Å². The van der Waals surface area contributed by atoms with Gasteiger partial charge in [0.25, 0.3) is 0 Å². The Morgan fingerprint density at radius 1 is 1.17 bits per heavy atom. The van der Waals surface area contributed by atoms with Gasteiger partial charge in [-0.05, 0) is 44.9 Å². The van der Waals surface area contributed by atoms with Crippen molar-refractivity contribution in [2.24, 2.45) is 0 Å². The monoisotopic (exact) mass is 356 g/mol. The standard InChI is InChI=1S/C17H28N2O4S/c1-17(2,3)18-16(20)11-13-19(24(5,21)22)12-10-14-6-8-15(23-4)9-7-14/h6-9H,10-13H2,1-5H3,(H,18,20). The number of hydrogen-bond donors (Lipinski definition) is 1. The number of sulfonamides is 1. The van der Waals surface area contributed by atoms with Crippen LogP contribution in [0.1, 0.15) is 32.8 Å². The van der Waals surface area contributed by atoms with Gasteiger partial charge in [0.1, 0.15) is 5.75 Å². The van der Waals surface area contributed by atoms with Crippen molar-refractivity contribution in [3.8, 4) is 5.75 Å². The first-order valence-electron chi connectivity index (χ1n) is 7.90. The normalized spacial score (nSPS) is 12.2. The molecule has 0 heterocycles. The maximum absolute atomic E-state index is 11.9. The Hall–Kier alpha value is -1.60. The largest absolute Gasteiger partial charge is 0.497 e. The van der Waals surface area contributed by atoms with Crippen molar-refractivity contribution in [2.75, 3.05) is 26.5 Å². The molecule has 1 aromatic carbocycles. The molecule has 1 N–H and O–H groups in total. The number of ether oxygens (including phenoxy) is 1. The van der Waals surface area contributed by atoms with Crippen LogP contribution in [0.4, 0.5) is 0 Å². The maximum atomic E-state index is 11.9. The minimum Gasteiger partial charge on any atom is -0.497 e. The Balaban J connectivity index is 2.61. The predicted molar refractivity (Wildman–Crippen MR) is 95.6 cm³/mol. The predicted octanol–water partition coefficient (Wildman–Crippen LogP) is 1.80. The molecule has 7 heteroatoms. The third kappa shape index (κ3) is 7.79. The van der Waals surface area contributed by atoms with E-state index in [1.54, 1.807) is 7.11 Å². The summed E-state index contributed by atoms with van der Waals surface area (Å²) < 4.78 is 30.3. The second-order valence-electron chi connectivity index (χ2n) is 6.81. The summed E-state index contributed by atoms with van der Waals surface area (Å²) in [7, 11) is -1.76. The molecule has 0 unspecified atom stereocenters. The topological polar surface area (TPSA) is 75.7 Å². The highest BCUT2D eigenvalue weighted by molar-refractivity contribution is 7.88. The van der Waals surface area contributed by atoms with Crippen LogP contribution in [0.25, 0.3) is 0 Å². The SMILES string of the molecule is COc1ccc(CCN(CCC(=O)NC(C)(C)C)S(C)(=O)=O)cc1. The quantitative estimate of drug-likeness (QED) is 0.771. The summed E-state index contributed by atoms with van der Waals surface area (Å²) in [6.45, 7) is 6.19. The summed E-state index contributed by atoms with van der Waals surface area (Å²) in [4.78, 5) is 11.9. The summed E-state index contributed by atoms with van der Waals surface area (Å²) in [5, 5.41) is 2.84. The molecule has 0 saturated carbocycles. The Morgan fingerprint density at radius 3 is 2.21 bits per heavy atom. The van der Waals surface area contributed by atoms with Crippen molar-refractivity contribution in [2.45, 2.75) is 39.2 Å². The fourth-order valence-corrected chi connectivity index (χ4v) is 3.04. The number of rotatable bonds is 8. The fourth-order valence-electron chi connectivity index (χ4n) is 2.20. The molecule has 0 fully saturated rings. The zero-order valence-corrected chi connectivity index (χ0v) is 15.9. The van der Waals surface area contributed by atoms with Gasteiger partial charge in [-0.3, -0.25) is 4.79 Å². The average Bonchev–Trinajstić information content (AvgIpc) is 2.44. The smallest absolute Gasteiger partial charge is 0.221 e. The number of methoxy groups -OCH3 is 1. The number of carbonyl (C=O) groups is 1. The second-order valence-corrected chi connectivity index (χ2v) is 8.79. The van der Waals surface area contributed by atoms with Crippen molar-refractivity contribution in [1.29, 1.82) is 0 Å². The maximum Gasteiger partial charge on any atom is 0.221 e. The van der Waals surface area contributed by atoms with Crippen LogP contribution >= 0.6 is 0 Å². The van der Waals surface area contributed by atoms with Gasteiger partial charge >= 0.3 is 0 Å². The summed E-state index contributed by atoms with van der Waals surface area (Å²) in [5.41, 5.74) is 0.694. The van der Waals surface area contributed by atoms with E-state index in [0.717, 1.165) is 11.3 Å². The van der Waals surface area contributed by atoms with E-state index < -0.39 is 10.0 Å². The number of carbonyl (C=O) groups excluding carboxylic acids is 1. The molecular formula is C17H28N2O4S. The highest BCUT2D eigenvalue weighted by Gasteiger charge is 2.19. The molecule has 24 heavy (non-hydrogen) atoms. The van der Waals surface area contributed by atoms with Crippen LogP contribution in [0.2, 0.25) is 0 Å². The number of hydrogen-bond acceptors (Lipinski definition) is 4. The summed E-state index contributed by atoms with van der Waals surface area (Å²) in [6.07, 6.45) is 1.90. The lowest BCUT2D eigenvalue weighted by Gasteiger charge is -2.23. The molecule has 0 aromatic heterocycles. The van der Waals surface area contributed by atoms with Gasteiger partial charge in [-0.2, -0.15) is 0 Å². The van der Waals surface area contributed by atoms with Gasteiger partial charge < -0.3 is 10.1 Å². The summed E-state index contributed by atoms with van der Waals surface area (Å²) in [5.74, 6) is 0.609. The van der Waals surface area contributed by atoms with E-state index in [1.807, 2.05) is 45.0 Å². The van der Waals surface area contributed by atoms with Crippen LogP contribution < -0.4 is 10.1 Å². The number of benzene rings is 1. The molecule has 0 aliphatic carbocycles. The van der Waals surface area contributed by atoms with Crippen molar-refractivity contribution >= 4 is 15.9 Å². The van der Waals surface area contributed by atoms with Crippen molar-refractivity contribution in [3.05, 3.63) is 29.8 Å². The highest BCUT2D eigenvalue weighted by atomic mass is 32.2. The van der Waals surface area contributed by atoms with Gasteiger partial charge in [0, 0.05) is 25.0 Å². The third-order valence-corrected chi connectivity index (χ3v) is 4.68. The number of nitrogens with zero attached hydrogens (tertiary/aromatic N) is 1. The lowest BCUT2D eigenvalue weighted by atomic mass is 10.1. The average molecular weight is 356 g/mol. The van der Waals surface area contributed by atoms with Crippen molar-refractivity contribution in [3.63, 3.8) is 0 Å². The van der Waals surface area contributed by atoms with E-state index in [-0.39, 0.29) is 24.4 Å². The Labute approximate surface area is 145 Å². The van der Waals surface area contributed by atoms with E-state index in [0.29, 0.717) is 13.0 Å². The molecule has 1 rings (SSSR count). The molecule has 136 valence electrons. The van der Waals surface area contributed by atoms with Gasteiger partial charge in [0.05, 0.1) is 13.4 Å². The Kier molecular flexibility index (Phi) is 7.23. The van der Waals surface area contributed by atoms with Gasteiger partial charge in [-0.1, -0.05) is 12.1 Å². The van der Waals surface area contributed by atoms with Crippen LogP contribution in [0.5, 0.6) is 5.75 Å². The lowest BCUT2D eigenvalue weighted by molar-refractivity contribution is -0.122. The fraction of sp³-hybridized carbons (Fsp3) is 0.588. The van der Waals surface area contributed by atoms with Crippen molar-refractivity contribution in [1.82, 2.24) is 9.62 Å². The van der Waals surface area contributed by atoms with Gasteiger partial charge in [-0.25, -0.2) is 12.7 Å². The molecule has 0 saturated heterocycles. The highest BCUT2D eigenvalue weighted by Crippen LogP contribution is 2.13. The van der Waals surface area contributed by atoms with E-state index >= 15 is 0 Å². The molecule has 1 amide bonds. The molecule has 1 aromatic rings. The first-order valence-corrected chi connectivity index (χ1v) is 9.75. The van der Waals surface area contributed by atoms with E-state index in [4.69, 9.17) is 4.74 Å². The molecule has 0 bridgehead atoms. The van der Waals surface area contributed by atoms with E-state index in [1.165, 1.54) is 10.6 Å². The minimum absolute atomic E-state index is 0.146. The van der Waals surface area contributed by atoms with Crippen LogP contribution in [0.3, 0.4) is 0 Å². The van der Waals surface area contributed by atoms with E-state index in [9.17, 15) is 13.2 Å². The Bertz CT molecular complexity index is 634. The molecule has 6 nitrogen and oxygen atoms in total. The zero-order valence-electron chi connectivity index (χ0n) is 15.1. The minimum atomic E-state index is -3.36. The molecular weight excluding hydrogens is 328 g/mol. The third-order valence-electron chi connectivity index (χ3n) is 3.38. The van der Waals surface area contributed by atoms with Gasteiger partial charge in [0.15, 0.2) is 0 Å². The molecule has 0 aliphatic rings. The Morgan fingerprint density at radius 2 is 1.75 bits per heavy atom. The lowest BCUT2D eigenvalue weighted by Crippen LogP contribution is -2.42.